The molecule has 0 saturated heterocycles. The Morgan fingerprint density at radius 1 is 0.933 bits per heavy atom. The number of hydrogen-bond donors (Lipinski definition) is 2. The zero-order valence-electron chi connectivity index (χ0n) is 16.5. The van der Waals surface area contributed by atoms with Crippen LogP contribution in [0.5, 0.6) is 5.75 Å². The van der Waals surface area contributed by atoms with Crippen LogP contribution in [0.4, 0.5) is 11.4 Å². The number of aryl methyl sites for hydroxylation is 2. The lowest BCUT2D eigenvalue weighted by molar-refractivity contribution is -0.118. The van der Waals surface area contributed by atoms with Crippen molar-refractivity contribution in [3.05, 3.63) is 82.9 Å². The number of benzene rings is 3. The fourth-order valence-corrected chi connectivity index (χ4v) is 4.09. The molecule has 0 heterocycles. The van der Waals surface area contributed by atoms with E-state index in [9.17, 15) is 13.2 Å². The number of nitrogens with one attached hydrogen (secondary N) is 2. The van der Waals surface area contributed by atoms with Crippen molar-refractivity contribution in [2.24, 2.45) is 0 Å². The Morgan fingerprint density at radius 2 is 1.60 bits per heavy atom. The number of halogens is 1. The first kappa shape index (κ1) is 21.7. The van der Waals surface area contributed by atoms with Crippen molar-refractivity contribution >= 4 is 38.9 Å². The number of carbonyl (C=O) groups is 1. The summed E-state index contributed by atoms with van der Waals surface area (Å²) in [6, 6.07) is 18.0. The molecule has 0 spiro atoms. The molecule has 1 amide bonds. The van der Waals surface area contributed by atoms with Crippen LogP contribution in [0.15, 0.2) is 71.6 Å². The Labute approximate surface area is 180 Å². The molecule has 3 aromatic rings. The predicted molar refractivity (Wildman–Crippen MR) is 119 cm³/mol. The smallest absolute Gasteiger partial charge is 0.262 e. The Morgan fingerprint density at radius 3 is 2.23 bits per heavy atom. The summed E-state index contributed by atoms with van der Waals surface area (Å²) in [6.07, 6.45) is 0. The highest BCUT2D eigenvalue weighted by molar-refractivity contribution is 7.92. The monoisotopic (exact) mass is 444 g/mol. The fourth-order valence-electron chi connectivity index (χ4n) is 2.85. The maximum Gasteiger partial charge on any atom is 0.262 e. The molecule has 0 atom stereocenters. The largest absolute Gasteiger partial charge is 0.484 e. The van der Waals surface area contributed by atoms with Gasteiger partial charge in [0, 0.05) is 10.7 Å². The molecule has 8 heteroatoms. The van der Waals surface area contributed by atoms with Crippen LogP contribution in [0.3, 0.4) is 0 Å². The first-order chi connectivity index (χ1) is 14.2. The maximum atomic E-state index is 12.5. The molecule has 0 unspecified atom stereocenters. The molecule has 0 saturated carbocycles. The zero-order chi connectivity index (χ0) is 21.7. The van der Waals surface area contributed by atoms with Gasteiger partial charge in [-0.1, -0.05) is 23.7 Å². The summed E-state index contributed by atoms with van der Waals surface area (Å²) in [7, 11) is -3.78. The van der Waals surface area contributed by atoms with E-state index < -0.39 is 10.0 Å². The molecule has 0 radical (unpaired) electrons. The number of sulfonamides is 1. The first-order valence-electron chi connectivity index (χ1n) is 9.11. The molecule has 6 nitrogen and oxygen atoms in total. The molecule has 3 rings (SSSR count). The van der Waals surface area contributed by atoms with Gasteiger partial charge in [0.2, 0.25) is 0 Å². The van der Waals surface area contributed by atoms with Crippen molar-refractivity contribution < 1.29 is 17.9 Å². The van der Waals surface area contributed by atoms with Crippen LogP contribution in [-0.2, 0) is 14.8 Å². The zero-order valence-corrected chi connectivity index (χ0v) is 18.0. The van der Waals surface area contributed by atoms with Crippen molar-refractivity contribution in [1.29, 1.82) is 0 Å². The van der Waals surface area contributed by atoms with E-state index in [0.717, 1.165) is 11.1 Å². The highest BCUT2D eigenvalue weighted by atomic mass is 35.5. The average Bonchev–Trinajstić information content (AvgIpc) is 2.66. The molecule has 156 valence electrons. The van der Waals surface area contributed by atoms with Crippen LogP contribution < -0.4 is 14.8 Å². The van der Waals surface area contributed by atoms with Crippen molar-refractivity contribution in [3.63, 3.8) is 0 Å². The summed E-state index contributed by atoms with van der Waals surface area (Å²) in [6.45, 7) is 3.76. The second kappa shape index (κ2) is 9.19. The van der Waals surface area contributed by atoms with E-state index in [4.69, 9.17) is 16.3 Å². The van der Waals surface area contributed by atoms with Gasteiger partial charge < -0.3 is 10.1 Å². The normalized spacial score (nSPS) is 11.0. The molecule has 2 N–H and O–H groups in total. The van der Waals surface area contributed by atoms with Gasteiger partial charge in [-0.2, -0.15) is 0 Å². The Hall–Kier alpha value is -3.03. The minimum absolute atomic E-state index is 0.0620. The summed E-state index contributed by atoms with van der Waals surface area (Å²) in [5.41, 5.74) is 2.93. The number of ether oxygens (including phenoxy) is 1. The topological polar surface area (TPSA) is 84.5 Å². The van der Waals surface area contributed by atoms with Crippen molar-refractivity contribution in [3.8, 4) is 5.75 Å². The van der Waals surface area contributed by atoms with Gasteiger partial charge in [-0.05, 0) is 79.6 Å². The van der Waals surface area contributed by atoms with E-state index in [1.54, 1.807) is 18.2 Å². The maximum absolute atomic E-state index is 12.5. The van der Waals surface area contributed by atoms with E-state index in [2.05, 4.69) is 10.0 Å². The van der Waals surface area contributed by atoms with Crippen LogP contribution in [0, 0.1) is 13.8 Å². The van der Waals surface area contributed by atoms with Crippen LogP contribution in [-0.4, -0.2) is 20.9 Å². The first-order valence-corrected chi connectivity index (χ1v) is 11.0. The number of hydrogen-bond acceptors (Lipinski definition) is 4. The van der Waals surface area contributed by atoms with E-state index in [1.807, 2.05) is 32.0 Å². The highest BCUT2D eigenvalue weighted by Gasteiger charge is 2.14. The molecule has 0 aliphatic heterocycles. The van der Waals surface area contributed by atoms with Gasteiger partial charge in [-0.3, -0.25) is 9.52 Å². The molecule has 0 bridgehead atoms. The number of anilines is 2. The molecule has 30 heavy (non-hydrogen) atoms. The number of rotatable bonds is 7. The van der Waals surface area contributed by atoms with Crippen molar-refractivity contribution in [2.45, 2.75) is 18.7 Å². The van der Waals surface area contributed by atoms with Crippen LogP contribution in [0.2, 0.25) is 5.02 Å². The Balaban J connectivity index is 1.60. The second-order valence-corrected chi connectivity index (χ2v) is 8.92. The van der Waals surface area contributed by atoms with Gasteiger partial charge in [0.1, 0.15) is 5.75 Å². The second-order valence-electron chi connectivity index (χ2n) is 6.80. The van der Waals surface area contributed by atoms with Crippen molar-refractivity contribution in [2.75, 3.05) is 16.6 Å². The standard InChI is InChI=1S/C22H21ClN2O4S/c1-15-10-16(2)12-20(11-15)29-14-22(26)24-18-6-8-21(9-7-18)30(27,28)25-19-5-3-4-17(23)13-19/h3-13,25H,14H2,1-2H3,(H,24,26). The number of amides is 1. The summed E-state index contributed by atoms with van der Waals surface area (Å²) in [4.78, 5) is 12.2. The van der Waals surface area contributed by atoms with Crippen LogP contribution in [0.1, 0.15) is 11.1 Å². The molecule has 0 aliphatic carbocycles. The highest BCUT2D eigenvalue weighted by Crippen LogP contribution is 2.21. The lowest BCUT2D eigenvalue weighted by Crippen LogP contribution is -2.20. The van der Waals surface area contributed by atoms with Crippen LogP contribution in [0.25, 0.3) is 0 Å². The van der Waals surface area contributed by atoms with Gasteiger partial charge in [0.15, 0.2) is 6.61 Å². The molecule has 0 aromatic heterocycles. The minimum atomic E-state index is -3.78. The quantitative estimate of drug-likeness (QED) is 0.549. The summed E-state index contributed by atoms with van der Waals surface area (Å²) in [5, 5.41) is 3.11. The van der Waals surface area contributed by atoms with Crippen molar-refractivity contribution in [1.82, 2.24) is 0 Å². The van der Waals surface area contributed by atoms with Gasteiger partial charge in [-0.25, -0.2) is 8.42 Å². The Kier molecular flexibility index (Phi) is 6.64. The third kappa shape index (κ3) is 5.98. The SMILES string of the molecule is Cc1cc(C)cc(OCC(=O)Nc2ccc(S(=O)(=O)Nc3cccc(Cl)c3)cc2)c1. The molecule has 3 aromatic carbocycles. The molecular weight excluding hydrogens is 424 g/mol. The van der Waals surface area contributed by atoms with Crippen LogP contribution >= 0.6 is 11.6 Å². The van der Waals surface area contributed by atoms with E-state index in [0.29, 0.717) is 22.1 Å². The molecular formula is C22H21ClN2O4S. The van der Waals surface area contributed by atoms with E-state index in [-0.39, 0.29) is 17.4 Å². The van der Waals surface area contributed by atoms with E-state index in [1.165, 1.54) is 30.3 Å². The summed E-state index contributed by atoms with van der Waals surface area (Å²) < 4.78 is 33.0. The van der Waals surface area contributed by atoms with Gasteiger partial charge in [0.25, 0.3) is 15.9 Å². The lowest BCUT2D eigenvalue weighted by Gasteiger charge is -2.11. The fraction of sp³-hybridized carbons (Fsp3) is 0.136. The molecule has 0 aliphatic rings. The average molecular weight is 445 g/mol. The Bertz CT molecular complexity index is 1140. The predicted octanol–water partition coefficient (Wildman–Crippen LogP) is 4.78. The number of carbonyl (C=O) groups excluding carboxylic acids is 1. The summed E-state index contributed by atoms with van der Waals surface area (Å²) in [5.74, 6) is 0.276. The minimum Gasteiger partial charge on any atom is -0.484 e. The summed E-state index contributed by atoms with van der Waals surface area (Å²) >= 11 is 5.88. The van der Waals surface area contributed by atoms with Gasteiger partial charge >= 0.3 is 0 Å². The van der Waals surface area contributed by atoms with E-state index >= 15 is 0 Å². The van der Waals surface area contributed by atoms with Gasteiger partial charge in [0.05, 0.1) is 10.6 Å². The third-order valence-corrected chi connectivity index (χ3v) is 5.72. The molecule has 0 fully saturated rings. The third-order valence-electron chi connectivity index (χ3n) is 4.09. The lowest BCUT2D eigenvalue weighted by atomic mass is 10.1. The van der Waals surface area contributed by atoms with Gasteiger partial charge in [-0.15, -0.1) is 0 Å².